The zero-order valence-corrected chi connectivity index (χ0v) is 18.2. The van der Waals surface area contributed by atoms with Crippen molar-refractivity contribution in [3.8, 4) is 11.6 Å². The topological polar surface area (TPSA) is 73.0 Å². The van der Waals surface area contributed by atoms with E-state index >= 15 is 0 Å². The van der Waals surface area contributed by atoms with Crippen molar-refractivity contribution in [3.63, 3.8) is 0 Å². The first kappa shape index (κ1) is 19.7. The molecule has 148 valence electrons. The summed E-state index contributed by atoms with van der Waals surface area (Å²) in [7, 11) is 0. The number of benzene rings is 2. The van der Waals surface area contributed by atoms with Gasteiger partial charge in [0.2, 0.25) is 11.7 Å². The molecule has 0 unspecified atom stereocenters. The molecule has 1 N–H and O–H groups in total. The monoisotopic (exact) mass is 470 g/mol. The summed E-state index contributed by atoms with van der Waals surface area (Å²) in [6.07, 6.45) is 0. The first-order chi connectivity index (χ1) is 14.1. The van der Waals surface area contributed by atoms with Crippen LogP contribution in [0.4, 0.5) is 0 Å². The molecule has 0 saturated heterocycles. The van der Waals surface area contributed by atoms with Crippen LogP contribution in [-0.2, 0) is 17.9 Å². The number of hydrogen-bond donors (Lipinski definition) is 1. The Kier molecular flexibility index (Phi) is 6.01. The molecule has 0 aliphatic rings. The largest absolute Gasteiger partial charge is 0.453 e. The van der Waals surface area contributed by atoms with E-state index in [1.807, 2.05) is 66.1 Å². The second-order valence-electron chi connectivity index (χ2n) is 6.39. The Morgan fingerprint density at radius 1 is 1.17 bits per heavy atom. The molecule has 0 spiro atoms. The minimum atomic E-state index is -0.0420. The molecule has 0 bridgehead atoms. The fraction of sp³-hybridized carbons (Fsp3) is 0.190. The van der Waals surface area contributed by atoms with Crippen LogP contribution >= 0.6 is 27.7 Å². The highest BCUT2D eigenvalue weighted by atomic mass is 79.9. The number of nitrogens with zero attached hydrogens (tertiary/aromatic N) is 3. The molecule has 0 radical (unpaired) electrons. The van der Waals surface area contributed by atoms with Crippen LogP contribution in [0.3, 0.4) is 0 Å². The summed E-state index contributed by atoms with van der Waals surface area (Å²) in [6.45, 7) is 3.21. The standard InChI is InChI=1S/C21H19BrN4O2S/c1-2-26-20(18-11-15-10-16(22)8-9-17(15)28-18)24-25-21(26)29-13-19(27)23-12-14-6-4-3-5-7-14/h3-11H,2,12-13H2,1H3,(H,23,27). The van der Waals surface area contributed by atoms with E-state index in [9.17, 15) is 4.79 Å². The van der Waals surface area contributed by atoms with Crippen LogP contribution in [-0.4, -0.2) is 26.4 Å². The normalized spacial score (nSPS) is 11.1. The lowest BCUT2D eigenvalue weighted by atomic mass is 10.2. The summed E-state index contributed by atoms with van der Waals surface area (Å²) in [4.78, 5) is 12.2. The molecule has 0 aliphatic carbocycles. The maximum Gasteiger partial charge on any atom is 0.230 e. The van der Waals surface area contributed by atoms with E-state index < -0.39 is 0 Å². The predicted octanol–water partition coefficient (Wildman–Crippen LogP) is 4.88. The van der Waals surface area contributed by atoms with Gasteiger partial charge < -0.3 is 9.73 Å². The van der Waals surface area contributed by atoms with Crippen LogP contribution in [0, 0.1) is 0 Å². The molecule has 6 nitrogen and oxygen atoms in total. The van der Waals surface area contributed by atoms with E-state index in [4.69, 9.17) is 4.42 Å². The van der Waals surface area contributed by atoms with Crippen molar-refractivity contribution >= 4 is 44.6 Å². The van der Waals surface area contributed by atoms with E-state index in [2.05, 4.69) is 31.4 Å². The van der Waals surface area contributed by atoms with Crippen LogP contribution in [0.5, 0.6) is 0 Å². The number of carbonyl (C=O) groups excluding carboxylic acids is 1. The smallest absolute Gasteiger partial charge is 0.230 e. The summed E-state index contributed by atoms with van der Waals surface area (Å²) in [5.41, 5.74) is 1.87. The summed E-state index contributed by atoms with van der Waals surface area (Å²) in [5, 5.41) is 13.2. The predicted molar refractivity (Wildman–Crippen MR) is 118 cm³/mol. The van der Waals surface area contributed by atoms with Gasteiger partial charge in [-0.05, 0) is 36.8 Å². The highest BCUT2D eigenvalue weighted by molar-refractivity contribution is 9.10. The van der Waals surface area contributed by atoms with Crippen LogP contribution in [0.1, 0.15) is 12.5 Å². The fourth-order valence-electron chi connectivity index (χ4n) is 2.96. The maximum atomic E-state index is 12.2. The highest BCUT2D eigenvalue weighted by Gasteiger charge is 2.18. The Morgan fingerprint density at radius 2 is 2.00 bits per heavy atom. The van der Waals surface area contributed by atoms with Crippen LogP contribution in [0.2, 0.25) is 0 Å². The molecule has 2 aromatic heterocycles. The number of furan rings is 1. The summed E-state index contributed by atoms with van der Waals surface area (Å²) in [5.74, 6) is 1.55. The second kappa shape index (κ2) is 8.84. The molecule has 29 heavy (non-hydrogen) atoms. The molecule has 0 saturated carbocycles. The molecule has 0 fully saturated rings. The summed E-state index contributed by atoms with van der Waals surface area (Å²) >= 11 is 4.84. The molecule has 0 atom stereocenters. The van der Waals surface area contributed by atoms with Gasteiger partial charge in [0.1, 0.15) is 5.58 Å². The van der Waals surface area contributed by atoms with Crippen LogP contribution < -0.4 is 5.32 Å². The molecular weight excluding hydrogens is 452 g/mol. The number of carbonyl (C=O) groups is 1. The Bertz CT molecular complexity index is 1140. The number of amides is 1. The number of aromatic nitrogens is 3. The van der Waals surface area contributed by atoms with E-state index in [-0.39, 0.29) is 11.7 Å². The molecule has 4 rings (SSSR count). The van der Waals surface area contributed by atoms with Crippen molar-refractivity contribution in [1.82, 2.24) is 20.1 Å². The maximum absolute atomic E-state index is 12.2. The van der Waals surface area contributed by atoms with Crippen molar-refractivity contribution < 1.29 is 9.21 Å². The van der Waals surface area contributed by atoms with Crippen LogP contribution in [0.25, 0.3) is 22.6 Å². The molecule has 2 aromatic carbocycles. The number of thioether (sulfide) groups is 1. The van der Waals surface area contributed by atoms with Gasteiger partial charge in [0, 0.05) is 22.9 Å². The van der Waals surface area contributed by atoms with E-state index in [1.54, 1.807) is 0 Å². The minimum absolute atomic E-state index is 0.0420. The average Bonchev–Trinajstić information content (AvgIpc) is 3.34. The third-order valence-electron chi connectivity index (χ3n) is 4.40. The van der Waals surface area contributed by atoms with Crippen molar-refractivity contribution in [2.45, 2.75) is 25.2 Å². The van der Waals surface area contributed by atoms with Gasteiger partial charge in [-0.3, -0.25) is 9.36 Å². The molecule has 1 amide bonds. The Morgan fingerprint density at radius 3 is 2.79 bits per heavy atom. The van der Waals surface area contributed by atoms with Gasteiger partial charge in [-0.25, -0.2) is 0 Å². The number of fused-ring (bicyclic) bond motifs is 1. The first-order valence-electron chi connectivity index (χ1n) is 9.20. The van der Waals surface area contributed by atoms with Crippen molar-refractivity contribution in [2.75, 3.05) is 5.75 Å². The highest BCUT2D eigenvalue weighted by Crippen LogP contribution is 2.30. The van der Waals surface area contributed by atoms with E-state index in [1.165, 1.54) is 11.8 Å². The van der Waals surface area contributed by atoms with Gasteiger partial charge in [0.25, 0.3) is 0 Å². The van der Waals surface area contributed by atoms with Crippen molar-refractivity contribution in [1.29, 1.82) is 0 Å². The summed E-state index contributed by atoms with van der Waals surface area (Å²) in [6, 6.07) is 17.7. The molecule has 8 heteroatoms. The fourth-order valence-corrected chi connectivity index (χ4v) is 4.18. The Hall–Kier alpha value is -2.58. The Balaban J connectivity index is 1.44. The second-order valence-corrected chi connectivity index (χ2v) is 8.25. The minimum Gasteiger partial charge on any atom is -0.453 e. The van der Waals surface area contributed by atoms with Gasteiger partial charge in [-0.15, -0.1) is 10.2 Å². The van der Waals surface area contributed by atoms with E-state index in [0.717, 1.165) is 21.0 Å². The molecular formula is C21H19BrN4O2S. The number of rotatable bonds is 7. The SMILES string of the molecule is CCn1c(SCC(=O)NCc2ccccc2)nnc1-c1cc2cc(Br)ccc2o1. The molecule has 2 heterocycles. The number of nitrogens with one attached hydrogen (secondary N) is 1. The third kappa shape index (κ3) is 4.54. The average molecular weight is 471 g/mol. The first-order valence-corrected chi connectivity index (χ1v) is 11.0. The number of halogens is 1. The van der Waals surface area contributed by atoms with Crippen molar-refractivity contribution in [2.24, 2.45) is 0 Å². The lowest BCUT2D eigenvalue weighted by molar-refractivity contribution is -0.118. The quantitative estimate of drug-likeness (QED) is 0.389. The number of hydrogen-bond acceptors (Lipinski definition) is 5. The Labute approximate surface area is 180 Å². The lowest BCUT2D eigenvalue weighted by Crippen LogP contribution is -2.24. The summed E-state index contributed by atoms with van der Waals surface area (Å²) < 4.78 is 8.90. The van der Waals surface area contributed by atoms with Crippen molar-refractivity contribution in [3.05, 3.63) is 64.6 Å². The molecule has 0 aliphatic heterocycles. The van der Waals surface area contributed by atoms with Crippen LogP contribution in [0.15, 0.2) is 68.6 Å². The zero-order chi connectivity index (χ0) is 20.2. The van der Waals surface area contributed by atoms with Gasteiger partial charge in [0.15, 0.2) is 10.9 Å². The van der Waals surface area contributed by atoms with Gasteiger partial charge >= 0.3 is 0 Å². The van der Waals surface area contributed by atoms with Gasteiger partial charge in [0.05, 0.1) is 5.75 Å². The zero-order valence-electron chi connectivity index (χ0n) is 15.8. The third-order valence-corrected chi connectivity index (χ3v) is 5.86. The van der Waals surface area contributed by atoms with Gasteiger partial charge in [-0.1, -0.05) is 58.0 Å². The lowest BCUT2D eigenvalue weighted by Gasteiger charge is -2.07. The van der Waals surface area contributed by atoms with Gasteiger partial charge in [-0.2, -0.15) is 0 Å². The van der Waals surface area contributed by atoms with E-state index in [0.29, 0.717) is 29.8 Å². The molecule has 4 aromatic rings.